The van der Waals surface area contributed by atoms with Gasteiger partial charge < -0.3 is 15.0 Å². The van der Waals surface area contributed by atoms with Crippen molar-refractivity contribution in [2.45, 2.75) is 58.5 Å². The number of amides is 2. The predicted octanol–water partition coefficient (Wildman–Crippen LogP) is 4.00. The fourth-order valence-electron chi connectivity index (χ4n) is 3.36. The first-order chi connectivity index (χ1) is 14.5. The van der Waals surface area contributed by atoms with Crippen LogP contribution in [0, 0.1) is 0 Å². The van der Waals surface area contributed by atoms with Gasteiger partial charge in [0.2, 0.25) is 11.8 Å². The van der Waals surface area contributed by atoms with E-state index in [9.17, 15) is 9.59 Å². The van der Waals surface area contributed by atoms with Gasteiger partial charge in [0.15, 0.2) is 0 Å². The van der Waals surface area contributed by atoms with Gasteiger partial charge in [-0.25, -0.2) is 0 Å². The lowest BCUT2D eigenvalue weighted by Crippen LogP contribution is -2.52. The summed E-state index contributed by atoms with van der Waals surface area (Å²) in [5.41, 5.74) is 2.06. The first kappa shape index (κ1) is 23.5. The van der Waals surface area contributed by atoms with Gasteiger partial charge in [-0.2, -0.15) is 0 Å². The maximum atomic E-state index is 13.3. The number of methoxy groups -OCH3 is 1. The zero-order valence-corrected chi connectivity index (χ0v) is 18.6. The van der Waals surface area contributed by atoms with E-state index in [1.807, 2.05) is 75.4 Å². The molecule has 2 amide bonds. The van der Waals surface area contributed by atoms with Crippen LogP contribution in [0.3, 0.4) is 0 Å². The van der Waals surface area contributed by atoms with E-state index in [4.69, 9.17) is 4.74 Å². The summed E-state index contributed by atoms with van der Waals surface area (Å²) in [6.45, 7) is 6.48. The number of ether oxygens (including phenoxy) is 1. The fourth-order valence-corrected chi connectivity index (χ4v) is 3.36. The summed E-state index contributed by atoms with van der Waals surface area (Å²) in [4.78, 5) is 27.9. The quantitative estimate of drug-likeness (QED) is 0.609. The molecule has 0 aliphatic carbocycles. The molecule has 2 rings (SSSR count). The highest BCUT2D eigenvalue weighted by Gasteiger charge is 2.28. The minimum absolute atomic E-state index is 0.0396. The minimum atomic E-state index is -0.478. The van der Waals surface area contributed by atoms with Crippen molar-refractivity contribution in [2.24, 2.45) is 0 Å². The van der Waals surface area contributed by atoms with Crippen molar-refractivity contribution < 1.29 is 14.3 Å². The third-order valence-electron chi connectivity index (χ3n) is 5.39. The molecule has 0 saturated heterocycles. The third-order valence-corrected chi connectivity index (χ3v) is 5.39. The Morgan fingerprint density at radius 1 is 0.967 bits per heavy atom. The topological polar surface area (TPSA) is 58.6 Å². The standard InChI is InChI=1S/C25H34N2O3/c1-5-19(3)26-25(29)23(6-2)27(17-16-20-10-8-7-9-11-20)24(28)18-21-12-14-22(30-4)15-13-21/h7-15,19,23H,5-6,16-18H2,1-4H3,(H,26,29)/t19-,23+/m1/s1. The molecular weight excluding hydrogens is 376 g/mol. The van der Waals surface area contributed by atoms with Crippen molar-refractivity contribution in [3.63, 3.8) is 0 Å². The van der Waals surface area contributed by atoms with E-state index < -0.39 is 6.04 Å². The van der Waals surface area contributed by atoms with E-state index >= 15 is 0 Å². The van der Waals surface area contributed by atoms with Crippen LogP contribution in [-0.2, 0) is 22.4 Å². The smallest absolute Gasteiger partial charge is 0.243 e. The molecule has 0 aliphatic heterocycles. The SMILES string of the molecule is CC[C@@H](C)NC(=O)[C@H](CC)N(CCc1ccccc1)C(=O)Cc1ccc(OC)cc1. The molecule has 30 heavy (non-hydrogen) atoms. The van der Waals surface area contributed by atoms with Gasteiger partial charge in [0.05, 0.1) is 13.5 Å². The van der Waals surface area contributed by atoms with Crippen LogP contribution < -0.4 is 10.1 Å². The highest BCUT2D eigenvalue weighted by Crippen LogP contribution is 2.15. The number of hydrogen-bond acceptors (Lipinski definition) is 3. The zero-order chi connectivity index (χ0) is 21.9. The molecule has 162 valence electrons. The van der Waals surface area contributed by atoms with Crippen LogP contribution in [0.15, 0.2) is 54.6 Å². The van der Waals surface area contributed by atoms with E-state index in [-0.39, 0.29) is 24.3 Å². The summed E-state index contributed by atoms with van der Waals surface area (Å²) in [6.07, 6.45) is 2.39. The average Bonchev–Trinajstić information content (AvgIpc) is 2.77. The largest absolute Gasteiger partial charge is 0.497 e. The molecule has 0 saturated carbocycles. The van der Waals surface area contributed by atoms with Gasteiger partial charge in [0.1, 0.15) is 11.8 Å². The summed E-state index contributed by atoms with van der Waals surface area (Å²) >= 11 is 0. The van der Waals surface area contributed by atoms with Crippen molar-refractivity contribution in [2.75, 3.05) is 13.7 Å². The lowest BCUT2D eigenvalue weighted by Gasteiger charge is -2.31. The van der Waals surface area contributed by atoms with Crippen molar-refractivity contribution in [3.05, 3.63) is 65.7 Å². The van der Waals surface area contributed by atoms with E-state index in [2.05, 4.69) is 5.32 Å². The molecule has 0 heterocycles. The van der Waals surface area contributed by atoms with Gasteiger partial charge in [-0.1, -0.05) is 56.3 Å². The second kappa shape index (κ2) is 12.0. The third kappa shape index (κ3) is 6.90. The summed E-state index contributed by atoms with van der Waals surface area (Å²) in [7, 11) is 1.62. The van der Waals surface area contributed by atoms with Gasteiger partial charge in [0.25, 0.3) is 0 Å². The molecule has 2 aromatic carbocycles. The van der Waals surface area contributed by atoms with Crippen LogP contribution in [0.4, 0.5) is 0 Å². The molecule has 0 radical (unpaired) electrons. The molecule has 0 spiro atoms. The molecule has 0 fully saturated rings. The minimum Gasteiger partial charge on any atom is -0.497 e. The molecule has 0 unspecified atom stereocenters. The van der Waals surface area contributed by atoms with Gasteiger partial charge in [-0.05, 0) is 49.4 Å². The van der Waals surface area contributed by atoms with Gasteiger partial charge >= 0.3 is 0 Å². The Labute approximate surface area is 180 Å². The molecule has 2 aromatic rings. The Bertz CT molecular complexity index is 790. The van der Waals surface area contributed by atoms with Crippen molar-refractivity contribution >= 4 is 11.8 Å². The van der Waals surface area contributed by atoms with Crippen LogP contribution in [0.1, 0.15) is 44.7 Å². The lowest BCUT2D eigenvalue weighted by molar-refractivity contribution is -0.140. The molecule has 0 bridgehead atoms. The maximum absolute atomic E-state index is 13.3. The van der Waals surface area contributed by atoms with Crippen LogP contribution in [-0.4, -0.2) is 42.5 Å². The summed E-state index contributed by atoms with van der Waals surface area (Å²) < 4.78 is 5.20. The monoisotopic (exact) mass is 410 g/mol. The van der Waals surface area contributed by atoms with E-state index in [1.54, 1.807) is 12.0 Å². The molecule has 0 aromatic heterocycles. The summed E-state index contributed by atoms with van der Waals surface area (Å²) in [6, 6.07) is 17.2. The van der Waals surface area contributed by atoms with E-state index in [0.717, 1.165) is 23.3 Å². The number of carbonyl (C=O) groups is 2. The molecule has 5 nitrogen and oxygen atoms in total. The van der Waals surface area contributed by atoms with E-state index in [1.165, 1.54) is 0 Å². The predicted molar refractivity (Wildman–Crippen MR) is 121 cm³/mol. The number of rotatable bonds is 11. The highest BCUT2D eigenvalue weighted by atomic mass is 16.5. The Morgan fingerprint density at radius 3 is 2.20 bits per heavy atom. The van der Waals surface area contributed by atoms with Gasteiger partial charge in [-0.3, -0.25) is 9.59 Å². The second-order valence-electron chi connectivity index (χ2n) is 7.59. The number of nitrogens with one attached hydrogen (secondary N) is 1. The Balaban J connectivity index is 2.18. The average molecular weight is 411 g/mol. The molecule has 2 atom stereocenters. The number of hydrogen-bond donors (Lipinski definition) is 1. The molecule has 5 heteroatoms. The van der Waals surface area contributed by atoms with Crippen LogP contribution in [0.25, 0.3) is 0 Å². The first-order valence-electron chi connectivity index (χ1n) is 10.7. The molecular formula is C25H34N2O3. The van der Waals surface area contributed by atoms with Crippen LogP contribution >= 0.6 is 0 Å². The summed E-state index contributed by atoms with van der Waals surface area (Å²) in [5, 5.41) is 3.04. The Kier molecular flexibility index (Phi) is 9.39. The number of benzene rings is 2. The van der Waals surface area contributed by atoms with E-state index in [0.29, 0.717) is 19.4 Å². The normalized spacial score (nSPS) is 12.7. The number of carbonyl (C=O) groups excluding carboxylic acids is 2. The van der Waals surface area contributed by atoms with Gasteiger partial charge in [0, 0.05) is 12.6 Å². The lowest BCUT2D eigenvalue weighted by atomic mass is 10.1. The maximum Gasteiger partial charge on any atom is 0.243 e. The number of nitrogens with zero attached hydrogens (tertiary/aromatic N) is 1. The van der Waals surface area contributed by atoms with Crippen LogP contribution in [0.2, 0.25) is 0 Å². The molecule has 0 aliphatic rings. The molecule has 1 N–H and O–H groups in total. The second-order valence-corrected chi connectivity index (χ2v) is 7.59. The summed E-state index contributed by atoms with van der Waals surface area (Å²) in [5.74, 6) is 0.636. The highest BCUT2D eigenvalue weighted by molar-refractivity contribution is 5.88. The Morgan fingerprint density at radius 2 is 1.63 bits per heavy atom. The first-order valence-corrected chi connectivity index (χ1v) is 10.7. The van der Waals surface area contributed by atoms with Gasteiger partial charge in [-0.15, -0.1) is 0 Å². The van der Waals surface area contributed by atoms with Crippen molar-refractivity contribution in [1.82, 2.24) is 10.2 Å². The van der Waals surface area contributed by atoms with Crippen molar-refractivity contribution in [3.8, 4) is 5.75 Å². The Hall–Kier alpha value is -2.82. The zero-order valence-electron chi connectivity index (χ0n) is 18.6. The van der Waals surface area contributed by atoms with Crippen LogP contribution in [0.5, 0.6) is 5.75 Å². The fraction of sp³-hybridized carbons (Fsp3) is 0.440. The van der Waals surface area contributed by atoms with Crippen molar-refractivity contribution in [1.29, 1.82) is 0 Å².